The molecular weight excluding hydrogens is 244 g/mol. The highest BCUT2D eigenvalue weighted by Crippen LogP contribution is 2.24. The van der Waals surface area contributed by atoms with Crippen molar-refractivity contribution >= 4 is 11.7 Å². The quantitative estimate of drug-likeness (QED) is 0.739. The Labute approximate surface area is 104 Å². The van der Waals surface area contributed by atoms with E-state index in [1.54, 1.807) is 0 Å². The van der Waals surface area contributed by atoms with Crippen molar-refractivity contribution in [3.05, 3.63) is 23.8 Å². The van der Waals surface area contributed by atoms with Crippen LogP contribution in [-0.4, -0.2) is 24.7 Å². The van der Waals surface area contributed by atoms with Gasteiger partial charge in [0.2, 0.25) is 0 Å². The summed E-state index contributed by atoms with van der Waals surface area (Å²) in [5.74, 6) is -2.26. The van der Waals surface area contributed by atoms with E-state index in [-0.39, 0.29) is 17.9 Å². The second-order valence-electron chi connectivity index (χ2n) is 3.74. The van der Waals surface area contributed by atoms with Crippen molar-refractivity contribution in [2.75, 3.05) is 19.0 Å². The van der Waals surface area contributed by atoms with Gasteiger partial charge in [-0.05, 0) is 12.8 Å². The van der Waals surface area contributed by atoms with Crippen LogP contribution < -0.4 is 10.1 Å². The van der Waals surface area contributed by atoms with Crippen molar-refractivity contribution in [2.45, 2.75) is 19.3 Å². The molecule has 0 spiro atoms. The van der Waals surface area contributed by atoms with Crippen LogP contribution in [0.2, 0.25) is 0 Å². The molecule has 0 atom stereocenters. The van der Waals surface area contributed by atoms with Crippen LogP contribution in [0, 0.1) is 11.6 Å². The number of hydrogen-bond acceptors (Lipinski definition) is 3. The molecule has 0 radical (unpaired) electrons. The molecule has 0 saturated heterocycles. The smallest absolute Gasteiger partial charge is 0.303 e. The fraction of sp³-hybridized carbons (Fsp3) is 0.417. The van der Waals surface area contributed by atoms with Crippen LogP contribution in [0.15, 0.2) is 12.1 Å². The van der Waals surface area contributed by atoms with Crippen LogP contribution in [0.3, 0.4) is 0 Å². The number of benzene rings is 1. The van der Waals surface area contributed by atoms with E-state index in [2.05, 4.69) is 10.1 Å². The minimum atomic E-state index is -0.864. The van der Waals surface area contributed by atoms with E-state index in [1.807, 2.05) is 0 Å². The molecule has 0 saturated carbocycles. The Balaban J connectivity index is 2.47. The minimum absolute atomic E-state index is 0.0450. The number of aliphatic carboxylic acids is 1. The lowest BCUT2D eigenvalue weighted by Gasteiger charge is -2.09. The van der Waals surface area contributed by atoms with E-state index in [9.17, 15) is 13.6 Å². The van der Waals surface area contributed by atoms with Gasteiger partial charge in [0.1, 0.15) is 5.82 Å². The number of methoxy groups -OCH3 is 1. The van der Waals surface area contributed by atoms with E-state index in [4.69, 9.17) is 5.11 Å². The third-order valence-electron chi connectivity index (χ3n) is 2.37. The lowest BCUT2D eigenvalue weighted by molar-refractivity contribution is -0.137. The number of unbranched alkanes of at least 4 members (excludes halogenated alkanes) is 1. The Kier molecular flexibility index (Phi) is 5.35. The molecule has 18 heavy (non-hydrogen) atoms. The molecule has 0 aliphatic heterocycles. The van der Waals surface area contributed by atoms with Crippen molar-refractivity contribution in [3.63, 3.8) is 0 Å². The van der Waals surface area contributed by atoms with Crippen molar-refractivity contribution in [1.82, 2.24) is 0 Å². The lowest BCUT2D eigenvalue weighted by Crippen LogP contribution is -2.05. The van der Waals surface area contributed by atoms with Gasteiger partial charge < -0.3 is 15.2 Å². The fourth-order valence-electron chi connectivity index (χ4n) is 1.44. The summed E-state index contributed by atoms with van der Waals surface area (Å²) in [6.07, 6.45) is 1.13. The molecular formula is C12H15F2NO3. The molecule has 100 valence electrons. The zero-order chi connectivity index (χ0) is 13.5. The van der Waals surface area contributed by atoms with Crippen LogP contribution in [0.25, 0.3) is 0 Å². The molecule has 0 heterocycles. The maximum absolute atomic E-state index is 13.5. The van der Waals surface area contributed by atoms with Gasteiger partial charge in [-0.1, -0.05) is 0 Å². The molecule has 0 amide bonds. The third kappa shape index (κ3) is 4.20. The second kappa shape index (κ2) is 6.78. The number of rotatable bonds is 7. The second-order valence-corrected chi connectivity index (χ2v) is 3.74. The predicted octanol–water partition coefficient (Wildman–Crippen LogP) is 2.64. The number of nitrogens with one attached hydrogen (secondary N) is 1. The first kappa shape index (κ1) is 14.2. The van der Waals surface area contributed by atoms with Crippen LogP contribution in [0.4, 0.5) is 14.5 Å². The first-order valence-electron chi connectivity index (χ1n) is 5.53. The zero-order valence-corrected chi connectivity index (χ0v) is 10.0. The largest absolute Gasteiger partial charge is 0.494 e. The summed E-state index contributed by atoms with van der Waals surface area (Å²) in [7, 11) is 1.26. The number of halogens is 2. The highest BCUT2D eigenvalue weighted by Gasteiger charge is 2.09. The molecule has 0 unspecified atom stereocenters. The van der Waals surface area contributed by atoms with Crippen LogP contribution in [-0.2, 0) is 4.79 Å². The van der Waals surface area contributed by atoms with Gasteiger partial charge in [-0.2, -0.15) is 0 Å². The Morgan fingerprint density at radius 2 is 2.06 bits per heavy atom. The summed E-state index contributed by atoms with van der Waals surface area (Å²) in [6.45, 7) is 0.385. The van der Waals surface area contributed by atoms with E-state index >= 15 is 0 Å². The van der Waals surface area contributed by atoms with Gasteiger partial charge >= 0.3 is 5.97 Å². The van der Waals surface area contributed by atoms with Crippen LogP contribution in [0.5, 0.6) is 5.75 Å². The maximum atomic E-state index is 13.5. The van der Waals surface area contributed by atoms with E-state index < -0.39 is 17.6 Å². The summed E-state index contributed by atoms with van der Waals surface area (Å²) in [5.41, 5.74) is 0.0450. The number of carboxylic acid groups (broad SMARTS) is 1. The van der Waals surface area contributed by atoms with E-state index in [1.165, 1.54) is 7.11 Å². The van der Waals surface area contributed by atoms with Crippen LogP contribution >= 0.6 is 0 Å². The number of hydrogen-bond donors (Lipinski definition) is 2. The van der Waals surface area contributed by atoms with Gasteiger partial charge in [-0.25, -0.2) is 8.78 Å². The summed E-state index contributed by atoms with van der Waals surface area (Å²) < 4.78 is 31.4. The van der Waals surface area contributed by atoms with Gasteiger partial charge in [0.15, 0.2) is 11.6 Å². The molecule has 4 nitrogen and oxygen atoms in total. The highest BCUT2D eigenvalue weighted by atomic mass is 19.1. The van der Waals surface area contributed by atoms with E-state index in [0.717, 1.165) is 12.1 Å². The number of carboxylic acids is 1. The molecule has 1 aromatic carbocycles. The van der Waals surface area contributed by atoms with Crippen molar-refractivity contribution < 1.29 is 23.4 Å². The maximum Gasteiger partial charge on any atom is 0.303 e. The SMILES string of the molecule is COc1cc(F)c(NCCCCC(=O)O)cc1F. The standard InChI is InChI=1S/C12H15F2NO3/c1-18-11-7-8(13)10(6-9(11)14)15-5-3-2-4-12(16)17/h6-7,15H,2-5H2,1H3,(H,16,17). The van der Waals surface area contributed by atoms with Gasteiger partial charge in [0.25, 0.3) is 0 Å². The third-order valence-corrected chi connectivity index (χ3v) is 2.37. The fourth-order valence-corrected chi connectivity index (χ4v) is 1.44. The molecule has 2 N–H and O–H groups in total. The Morgan fingerprint density at radius 1 is 1.33 bits per heavy atom. The first-order chi connectivity index (χ1) is 8.54. The molecule has 0 aromatic heterocycles. The molecule has 1 rings (SSSR count). The summed E-state index contributed by atoms with van der Waals surface area (Å²) in [6, 6.07) is 1.99. The number of anilines is 1. The van der Waals surface area contributed by atoms with Gasteiger partial charge in [0, 0.05) is 25.1 Å². The topological polar surface area (TPSA) is 58.6 Å². The average Bonchev–Trinajstić information content (AvgIpc) is 2.32. The minimum Gasteiger partial charge on any atom is -0.494 e. The van der Waals surface area contributed by atoms with Crippen molar-refractivity contribution in [2.24, 2.45) is 0 Å². The first-order valence-corrected chi connectivity index (χ1v) is 5.53. The van der Waals surface area contributed by atoms with Crippen molar-refractivity contribution in [1.29, 1.82) is 0 Å². The summed E-state index contributed by atoms with van der Waals surface area (Å²) >= 11 is 0. The van der Waals surface area contributed by atoms with Gasteiger partial charge in [0.05, 0.1) is 12.8 Å². The average molecular weight is 259 g/mol. The molecule has 0 aliphatic carbocycles. The lowest BCUT2D eigenvalue weighted by atomic mass is 10.2. The normalized spacial score (nSPS) is 10.2. The number of carbonyl (C=O) groups is 1. The Morgan fingerprint density at radius 3 is 2.67 bits per heavy atom. The monoisotopic (exact) mass is 259 g/mol. The van der Waals surface area contributed by atoms with Gasteiger partial charge in [-0.3, -0.25) is 4.79 Å². The summed E-state index contributed by atoms with van der Waals surface area (Å²) in [4.78, 5) is 10.3. The molecule has 6 heteroatoms. The van der Waals surface area contributed by atoms with E-state index in [0.29, 0.717) is 19.4 Å². The highest BCUT2D eigenvalue weighted by molar-refractivity contribution is 5.66. The Hall–Kier alpha value is -1.85. The molecule has 0 fully saturated rings. The van der Waals surface area contributed by atoms with Gasteiger partial charge in [-0.15, -0.1) is 0 Å². The van der Waals surface area contributed by atoms with Crippen LogP contribution in [0.1, 0.15) is 19.3 Å². The molecule has 0 bridgehead atoms. The zero-order valence-electron chi connectivity index (χ0n) is 10.0. The predicted molar refractivity (Wildman–Crippen MR) is 62.9 cm³/mol. The number of ether oxygens (including phenoxy) is 1. The molecule has 0 aliphatic rings. The van der Waals surface area contributed by atoms with Crippen molar-refractivity contribution in [3.8, 4) is 5.75 Å². The summed E-state index contributed by atoms with van der Waals surface area (Å²) in [5, 5.41) is 11.1. The Bertz CT molecular complexity index is 424. The molecule has 1 aromatic rings.